The van der Waals surface area contributed by atoms with Crippen molar-refractivity contribution in [3.8, 4) is 11.6 Å². The van der Waals surface area contributed by atoms with Crippen molar-refractivity contribution >= 4 is 18.4 Å². The molecule has 0 saturated carbocycles. The second kappa shape index (κ2) is 7.15. The highest BCUT2D eigenvalue weighted by Gasteiger charge is 2.30. The molecule has 0 bridgehead atoms. The van der Waals surface area contributed by atoms with E-state index in [9.17, 15) is 14.9 Å². The Hall–Kier alpha value is -2.29. The number of benzene rings is 1. The Kier molecular flexibility index (Phi) is 5.09. The van der Waals surface area contributed by atoms with Gasteiger partial charge in [-0.15, -0.1) is 0 Å². The van der Waals surface area contributed by atoms with Crippen molar-refractivity contribution in [2.75, 3.05) is 0 Å². The number of fused-ring (bicyclic) bond motifs is 1. The molecule has 2 N–H and O–H groups in total. The van der Waals surface area contributed by atoms with Crippen LogP contribution >= 0.6 is 0 Å². The molecular formula is C18H21BN2O5. The Bertz CT molecular complexity index is 818. The number of carbonyl (C=O) groups is 1. The minimum Gasteiger partial charge on any atom is -0.437 e. The van der Waals surface area contributed by atoms with Crippen LogP contribution in [0.2, 0.25) is 0 Å². The molecule has 2 aromatic rings. The van der Waals surface area contributed by atoms with Gasteiger partial charge in [0.1, 0.15) is 11.4 Å². The Labute approximate surface area is 152 Å². The van der Waals surface area contributed by atoms with E-state index in [1.165, 1.54) is 12.4 Å². The highest BCUT2D eigenvalue weighted by atomic mass is 16.5. The first kappa shape index (κ1) is 18.5. The fourth-order valence-corrected chi connectivity index (χ4v) is 2.77. The Balaban J connectivity index is 1.71. The van der Waals surface area contributed by atoms with Crippen molar-refractivity contribution in [1.82, 2.24) is 9.97 Å². The van der Waals surface area contributed by atoms with Crippen molar-refractivity contribution in [3.05, 3.63) is 41.3 Å². The molecule has 7 nitrogen and oxygen atoms in total. The van der Waals surface area contributed by atoms with Crippen LogP contribution in [0.15, 0.2) is 24.5 Å². The monoisotopic (exact) mass is 356 g/mol. The van der Waals surface area contributed by atoms with Gasteiger partial charge in [-0.25, -0.2) is 9.97 Å². The van der Waals surface area contributed by atoms with E-state index >= 15 is 0 Å². The van der Waals surface area contributed by atoms with Crippen LogP contribution in [-0.2, 0) is 11.3 Å². The van der Waals surface area contributed by atoms with Crippen molar-refractivity contribution in [2.45, 2.75) is 45.8 Å². The molecule has 0 radical (unpaired) electrons. The number of nitrogens with zero attached hydrogens (tertiary/aromatic N) is 2. The van der Waals surface area contributed by atoms with Crippen LogP contribution in [0.5, 0.6) is 11.6 Å². The minimum atomic E-state index is -0.949. The zero-order valence-corrected chi connectivity index (χ0v) is 15.0. The van der Waals surface area contributed by atoms with E-state index in [0.717, 1.165) is 11.1 Å². The van der Waals surface area contributed by atoms with E-state index in [0.29, 0.717) is 24.2 Å². The van der Waals surface area contributed by atoms with E-state index in [-0.39, 0.29) is 23.8 Å². The molecule has 0 atom stereocenters. The van der Waals surface area contributed by atoms with Crippen LogP contribution in [0.3, 0.4) is 0 Å². The molecule has 0 aliphatic carbocycles. The maximum absolute atomic E-state index is 12.1. The Morgan fingerprint density at radius 2 is 2.12 bits per heavy atom. The Morgan fingerprint density at radius 3 is 2.77 bits per heavy atom. The highest BCUT2D eigenvalue weighted by Crippen LogP contribution is 2.25. The maximum atomic E-state index is 12.1. The number of hydrogen-bond donors (Lipinski definition) is 2. The van der Waals surface area contributed by atoms with Crippen LogP contribution in [0.4, 0.5) is 0 Å². The molecule has 0 fully saturated rings. The standard InChI is InChI=1S/C18H21BN2O5/c1-11-15(5-4-12-10-25-19(24)17(11)12)26-16-9-20-13(8-21-16)14(22)6-7-18(2,3)23/h4-5,8-9,23-24H,6-7,10H2,1-3H3. The molecule has 3 rings (SSSR count). The summed E-state index contributed by atoms with van der Waals surface area (Å²) >= 11 is 0. The van der Waals surface area contributed by atoms with Gasteiger partial charge in [-0.2, -0.15) is 0 Å². The average molecular weight is 356 g/mol. The topological polar surface area (TPSA) is 102 Å². The van der Waals surface area contributed by atoms with Gasteiger partial charge in [0.15, 0.2) is 5.78 Å². The lowest BCUT2D eigenvalue weighted by Gasteiger charge is -2.15. The number of aromatic nitrogens is 2. The third-order valence-electron chi connectivity index (χ3n) is 4.29. The second-order valence-electron chi connectivity index (χ2n) is 7.00. The van der Waals surface area contributed by atoms with Gasteiger partial charge < -0.3 is 19.5 Å². The summed E-state index contributed by atoms with van der Waals surface area (Å²) in [6.45, 7) is 5.53. The van der Waals surface area contributed by atoms with E-state index in [1.807, 2.05) is 13.0 Å². The molecule has 0 amide bonds. The fourth-order valence-electron chi connectivity index (χ4n) is 2.77. The quantitative estimate of drug-likeness (QED) is 0.598. The van der Waals surface area contributed by atoms with Gasteiger partial charge in [-0.1, -0.05) is 6.07 Å². The summed E-state index contributed by atoms with van der Waals surface area (Å²) in [5.41, 5.74) is 1.76. The third-order valence-corrected chi connectivity index (χ3v) is 4.29. The van der Waals surface area contributed by atoms with Crippen molar-refractivity contribution in [3.63, 3.8) is 0 Å². The van der Waals surface area contributed by atoms with Gasteiger partial charge in [-0.3, -0.25) is 4.79 Å². The average Bonchev–Trinajstić information content (AvgIpc) is 2.97. The number of hydrogen-bond acceptors (Lipinski definition) is 7. The van der Waals surface area contributed by atoms with Crippen LogP contribution in [0, 0.1) is 6.92 Å². The first-order chi connectivity index (χ1) is 12.2. The molecule has 1 aromatic carbocycles. The predicted molar refractivity (Wildman–Crippen MR) is 95.5 cm³/mol. The lowest BCUT2D eigenvalue weighted by atomic mass is 9.76. The second-order valence-corrected chi connectivity index (χ2v) is 7.00. The molecule has 26 heavy (non-hydrogen) atoms. The molecule has 0 saturated heterocycles. The zero-order chi connectivity index (χ0) is 18.9. The minimum absolute atomic E-state index is 0.180. The normalized spacial score (nSPS) is 13.7. The summed E-state index contributed by atoms with van der Waals surface area (Å²) < 4.78 is 11.0. The SMILES string of the molecule is Cc1c(Oc2cnc(C(=O)CCC(C)(C)O)cn2)ccc2c1B(O)OC2. The fraction of sp³-hybridized carbons (Fsp3) is 0.389. The number of rotatable bonds is 6. The van der Waals surface area contributed by atoms with Crippen molar-refractivity contribution in [1.29, 1.82) is 0 Å². The first-order valence-electron chi connectivity index (χ1n) is 8.42. The number of ether oxygens (including phenoxy) is 1. The maximum Gasteiger partial charge on any atom is 0.492 e. The van der Waals surface area contributed by atoms with Gasteiger partial charge >= 0.3 is 7.12 Å². The molecule has 0 spiro atoms. The number of aliphatic hydroxyl groups is 1. The van der Waals surface area contributed by atoms with Gasteiger partial charge in [0, 0.05) is 6.42 Å². The molecule has 0 unspecified atom stereocenters. The number of Topliss-reactive ketones (excluding diaryl/α,β-unsaturated/α-hetero) is 1. The van der Waals surface area contributed by atoms with Crippen LogP contribution < -0.4 is 10.2 Å². The molecule has 1 aromatic heterocycles. The van der Waals surface area contributed by atoms with Crippen molar-refractivity contribution in [2.24, 2.45) is 0 Å². The Morgan fingerprint density at radius 1 is 1.35 bits per heavy atom. The smallest absolute Gasteiger partial charge is 0.437 e. The summed E-state index contributed by atoms with van der Waals surface area (Å²) in [5, 5.41) is 19.6. The third kappa shape index (κ3) is 4.09. The highest BCUT2D eigenvalue weighted by molar-refractivity contribution is 6.62. The van der Waals surface area contributed by atoms with E-state index in [4.69, 9.17) is 9.39 Å². The van der Waals surface area contributed by atoms with Gasteiger partial charge in [-0.05, 0) is 49.8 Å². The van der Waals surface area contributed by atoms with Gasteiger partial charge in [0.05, 0.1) is 24.6 Å². The van der Waals surface area contributed by atoms with Crippen molar-refractivity contribution < 1.29 is 24.3 Å². The largest absolute Gasteiger partial charge is 0.492 e. The lowest BCUT2D eigenvalue weighted by molar-refractivity contribution is 0.0631. The number of ketones is 1. The van der Waals surface area contributed by atoms with Crippen LogP contribution in [-0.4, -0.2) is 38.6 Å². The predicted octanol–water partition coefficient (Wildman–Crippen LogP) is 1.53. The summed E-state index contributed by atoms with van der Waals surface area (Å²) in [7, 11) is -0.949. The summed E-state index contributed by atoms with van der Waals surface area (Å²) in [4.78, 5) is 20.3. The van der Waals surface area contributed by atoms with Gasteiger partial charge in [0.2, 0.25) is 5.88 Å². The van der Waals surface area contributed by atoms with E-state index in [2.05, 4.69) is 9.97 Å². The molecule has 136 valence electrons. The first-order valence-corrected chi connectivity index (χ1v) is 8.42. The molecule has 2 heterocycles. The summed E-state index contributed by atoms with van der Waals surface area (Å²) in [6.07, 6.45) is 3.30. The number of carbonyl (C=O) groups excluding carboxylic acids is 1. The van der Waals surface area contributed by atoms with Crippen LogP contribution in [0.25, 0.3) is 0 Å². The van der Waals surface area contributed by atoms with E-state index in [1.54, 1.807) is 19.9 Å². The molecule has 1 aliphatic heterocycles. The van der Waals surface area contributed by atoms with E-state index < -0.39 is 12.7 Å². The molecule has 8 heteroatoms. The summed E-state index contributed by atoms with van der Waals surface area (Å²) in [5.74, 6) is 0.615. The summed E-state index contributed by atoms with van der Waals surface area (Å²) in [6, 6.07) is 3.63. The van der Waals surface area contributed by atoms with Gasteiger partial charge in [0.25, 0.3) is 0 Å². The molecule has 1 aliphatic rings. The zero-order valence-electron chi connectivity index (χ0n) is 15.0. The van der Waals surface area contributed by atoms with Crippen LogP contribution in [0.1, 0.15) is 48.3 Å². The molecular weight excluding hydrogens is 335 g/mol. The lowest BCUT2D eigenvalue weighted by Crippen LogP contribution is -2.30.